The van der Waals surface area contributed by atoms with E-state index in [-0.39, 0.29) is 12.4 Å². The maximum absolute atomic E-state index is 4.20. The van der Waals surface area contributed by atoms with Gasteiger partial charge in [0.15, 0.2) is 0 Å². The van der Waals surface area contributed by atoms with Crippen LogP contribution in [-0.4, -0.2) is 4.98 Å². The first-order chi connectivity index (χ1) is 6.86. The second-order valence-corrected chi connectivity index (χ2v) is 3.93. The lowest BCUT2D eigenvalue weighted by Crippen LogP contribution is -1.72. The van der Waals surface area contributed by atoms with Crippen LogP contribution in [-0.2, 0) is 0 Å². The van der Waals surface area contributed by atoms with Gasteiger partial charge in [0.2, 0.25) is 0 Å². The Kier molecular flexibility index (Phi) is 4.53. The zero-order valence-corrected chi connectivity index (χ0v) is 10.0. The highest BCUT2D eigenvalue weighted by Crippen LogP contribution is 2.15. The highest BCUT2D eigenvalue weighted by atomic mass is 35.5. The lowest BCUT2D eigenvalue weighted by atomic mass is 10.2. The molecule has 1 heterocycles. The molecule has 2 aromatic rings. The molecular formula is C12H12ClNS. The Balaban J connectivity index is 0.00000112. The van der Waals surface area contributed by atoms with E-state index >= 15 is 0 Å². The fourth-order valence-corrected chi connectivity index (χ4v) is 1.90. The van der Waals surface area contributed by atoms with Crippen LogP contribution in [0.25, 0.3) is 12.2 Å². The summed E-state index contributed by atoms with van der Waals surface area (Å²) in [6.45, 7) is 2.03. The Morgan fingerprint density at radius 1 is 1.13 bits per heavy atom. The van der Waals surface area contributed by atoms with E-state index in [1.54, 1.807) is 11.3 Å². The van der Waals surface area contributed by atoms with Crippen LogP contribution in [0.3, 0.4) is 0 Å². The lowest BCUT2D eigenvalue weighted by Gasteiger charge is -1.91. The Labute approximate surface area is 99.9 Å². The van der Waals surface area contributed by atoms with Crippen LogP contribution in [0.2, 0.25) is 0 Å². The summed E-state index contributed by atoms with van der Waals surface area (Å²) in [5, 5.41) is 0. The van der Waals surface area contributed by atoms with Crippen molar-refractivity contribution in [1.82, 2.24) is 4.98 Å². The topological polar surface area (TPSA) is 12.9 Å². The second-order valence-electron chi connectivity index (χ2n) is 3.05. The van der Waals surface area contributed by atoms with Gasteiger partial charge < -0.3 is 0 Å². The number of rotatable bonds is 2. The summed E-state index contributed by atoms with van der Waals surface area (Å²) in [5.41, 5.74) is 4.20. The quantitative estimate of drug-likeness (QED) is 0.768. The smallest absolute Gasteiger partial charge is 0.0801 e. The number of hydrogen-bond acceptors (Lipinski definition) is 2. The van der Waals surface area contributed by atoms with Crippen molar-refractivity contribution in [2.75, 3.05) is 0 Å². The Bertz CT molecular complexity index is 434. The van der Waals surface area contributed by atoms with Crippen molar-refractivity contribution >= 4 is 35.9 Å². The van der Waals surface area contributed by atoms with Crippen LogP contribution in [0.15, 0.2) is 35.8 Å². The van der Waals surface area contributed by atoms with Gasteiger partial charge in [-0.15, -0.1) is 23.7 Å². The minimum absolute atomic E-state index is 0. The third-order valence-corrected chi connectivity index (χ3v) is 2.91. The Morgan fingerprint density at radius 2 is 1.87 bits per heavy atom. The van der Waals surface area contributed by atoms with Crippen LogP contribution in [0.4, 0.5) is 0 Å². The van der Waals surface area contributed by atoms with E-state index in [1.807, 2.05) is 30.6 Å². The maximum Gasteiger partial charge on any atom is 0.0801 e. The van der Waals surface area contributed by atoms with Gasteiger partial charge in [0, 0.05) is 4.88 Å². The van der Waals surface area contributed by atoms with Crippen molar-refractivity contribution in [3.63, 3.8) is 0 Å². The minimum Gasteiger partial charge on any atom is -0.249 e. The highest BCUT2D eigenvalue weighted by molar-refractivity contribution is 7.10. The van der Waals surface area contributed by atoms with Gasteiger partial charge >= 0.3 is 0 Å². The SMILES string of the molecule is Cc1ncsc1C=Cc1ccccc1.Cl. The predicted molar refractivity (Wildman–Crippen MR) is 69.5 cm³/mol. The number of halogens is 1. The molecule has 0 unspecified atom stereocenters. The van der Waals surface area contributed by atoms with Crippen molar-refractivity contribution < 1.29 is 0 Å². The fourth-order valence-electron chi connectivity index (χ4n) is 1.21. The van der Waals surface area contributed by atoms with Crippen LogP contribution < -0.4 is 0 Å². The zero-order valence-electron chi connectivity index (χ0n) is 8.38. The van der Waals surface area contributed by atoms with E-state index < -0.39 is 0 Å². The number of aryl methyl sites for hydroxylation is 1. The Morgan fingerprint density at radius 3 is 2.47 bits per heavy atom. The van der Waals surface area contributed by atoms with Gasteiger partial charge in [-0.1, -0.05) is 36.4 Å². The molecule has 0 atom stereocenters. The number of hydrogen-bond donors (Lipinski definition) is 0. The van der Waals surface area contributed by atoms with Gasteiger partial charge in [-0.25, -0.2) is 4.98 Å². The average molecular weight is 238 g/mol. The number of aromatic nitrogens is 1. The predicted octanol–water partition coefficient (Wildman–Crippen LogP) is 4.04. The molecule has 3 heteroatoms. The second kappa shape index (κ2) is 5.69. The van der Waals surface area contributed by atoms with Gasteiger partial charge in [0.25, 0.3) is 0 Å². The molecule has 1 aromatic heterocycles. The van der Waals surface area contributed by atoms with E-state index in [2.05, 4.69) is 29.3 Å². The first-order valence-corrected chi connectivity index (χ1v) is 5.37. The fraction of sp³-hybridized carbons (Fsp3) is 0.0833. The van der Waals surface area contributed by atoms with E-state index in [0.717, 1.165) is 5.69 Å². The minimum atomic E-state index is 0. The summed E-state index contributed by atoms with van der Waals surface area (Å²) >= 11 is 1.67. The molecular weight excluding hydrogens is 226 g/mol. The summed E-state index contributed by atoms with van der Waals surface area (Å²) in [4.78, 5) is 5.43. The first-order valence-electron chi connectivity index (χ1n) is 4.49. The molecule has 78 valence electrons. The lowest BCUT2D eigenvalue weighted by molar-refractivity contribution is 1.26. The van der Waals surface area contributed by atoms with Gasteiger partial charge in [-0.2, -0.15) is 0 Å². The molecule has 2 rings (SSSR count). The van der Waals surface area contributed by atoms with Gasteiger partial charge in [-0.3, -0.25) is 0 Å². The molecule has 0 aliphatic heterocycles. The summed E-state index contributed by atoms with van der Waals surface area (Å²) in [7, 11) is 0. The van der Waals surface area contributed by atoms with Crippen LogP contribution >= 0.6 is 23.7 Å². The maximum atomic E-state index is 4.20. The molecule has 1 nitrogen and oxygen atoms in total. The Hall–Kier alpha value is -1.12. The summed E-state index contributed by atoms with van der Waals surface area (Å²) in [5.74, 6) is 0. The third kappa shape index (κ3) is 3.18. The van der Waals surface area contributed by atoms with Crippen LogP contribution in [0.1, 0.15) is 16.1 Å². The van der Waals surface area contributed by atoms with Crippen LogP contribution in [0, 0.1) is 6.92 Å². The molecule has 0 aliphatic rings. The van der Waals surface area contributed by atoms with Crippen molar-refractivity contribution in [3.8, 4) is 0 Å². The average Bonchev–Trinajstić information content (AvgIpc) is 2.63. The van der Waals surface area contributed by atoms with Crippen molar-refractivity contribution in [3.05, 3.63) is 52.0 Å². The molecule has 0 aliphatic carbocycles. The number of nitrogens with zero attached hydrogens (tertiary/aromatic N) is 1. The van der Waals surface area contributed by atoms with Gasteiger partial charge in [0.05, 0.1) is 11.2 Å². The molecule has 0 radical (unpaired) electrons. The zero-order chi connectivity index (χ0) is 9.80. The molecule has 0 spiro atoms. The monoisotopic (exact) mass is 237 g/mol. The molecule has 15 heavy (non-hydrogen) atoms. The van der Waals surface area contributed by atoms with Crippen LogP contribution in [0.5, 0.6) is 0 Å². The van der Waals surface area contributed by atoms with Crippen molar-refractivity contribution in [2.24, 2.45) is 0 Å². The van der Waals surface area contributed by atoms with E-state index in [4.69, 9.17) is 0 Å². The molecule has 0 amide bonds. The van der Waals surface area contributed by atoms with E-state index in [9.17, 15) is 0 Å². The third-order valence-electron chi connectivity index (χ3n) is 2.01. The van der Waals surface area contributed by atoms with Crippen molar-refractivity contribution in [1.29, 1.82) is 0 Å². The molecule has 0 N–H and O–H groups in total. The number of thiazole rings is 1. The summed E-state index contributed by atoms with van der Waals surface area (Å²) < 4.78 is 0. The number of benzene rings is 1. The standard InChI is InChI=1S/C12H11NS.ClH/c1-10-12(14-9-13-10)8-7-11-5-3-2-4-6-11;/h2-9H,1H3;1H. The van der Waals surface area contributed by atoms with E-state index in [0.29, 0.717) is 0 Å². The highest BCUT2D eigenvalue weighted by Gasteiger charge is 1.94. The molecule has 0 saturated heterocycles. The normalized spacial score (nSPS) is 10.2. The first kappa shape index (κ1) is 12.0. The van der Waals surface area contributed by atoms with E-state index in [1.165, 1.54) is 10.4 Å². The van der Waals surface area contributed by atoms with Gasteiger partial charge in [-0.05, 0) is 18.6 Å². The van der Waals surface area contributed by atoms with Gasteiger partial charge in [0.1, 0.15) is 0 Å². The summed E-state index contributed by atoms with van der Waals surface area (Å²) in [6, 6.07) is 10.3. The molecule has 0 fully saturated rings. The molecule has 1 aromatic carbocycles. The summed E-state index contributed by atoms with van der Waals surface area (Å²) in [6.07, 6.45) is 4.23. The largest absolute Gasteiger partial charge is 0.249 e. The molecule has 0 bridgehead atoms. The van der Waals surface area contributed by atoms with Crippen molar-refractivity contribution in [2.45, 2.75) is 6.92 Å². The molecule has 0 saturated carbocycles.